The Labute approximate surface area is 200 Å². The van der Waals surface area contributed by atoms with Crippen molar-refractivity contribution >= 4 is 11.0 Å². The summed E-state index contributed by atoms with van der Waals surface area (Å²) in [6, 6.07) is 13.3. The third-order valence-electron chi connectivity index (χ3n) is 5.47. The zero-order chi connectivity index (χ0) is 26.1. The summed E-state index contributed by atoms with van der Waals surface area (Å²) in [6.45, 7) is -0.689. The molecule has 0 saturated heterocycles. The van der Waals surface area contributed by atoms with Gasteiger partial charge in [-0.1, -0.05) is 36.4 Å². The second-order valence-corrected chi connectivity index (χ2v) is 8.05. The highest BCUT2D eigenvalue weighted by atomic mass is 19.4. The van der Waals surface area contributed by atoms with Crippen molar-refractivity contribution in [2.45, 2.75) is 32.0 Å². The van der Waals surface area contributed by atoms with Crippen LogP contribution in [0.5, 0.6) is 5.75 Å². The lowest BCUT2D eigenvalue weighted by Gasteiger charge is -2.15. The van der Waals surface area contributed by atoms with Crippen LogP contribution in [0.1, 0.15) is 33.4 Å². The minimum atomic E-state index is -4.59. The van der Waals surface area contributed by atoms with Crippen molar-refractivity contribution in [2.24, 2.45) is 0 Å². The minimum Gasteiger partial charge on any atom is -0.488 e. The molecule has 4 nitrogen and oxygen atoms in total. The van der Waals surface area contributed by atoms with E-state index in [1.165, 1.54) is 42.5 Å². The molecule has 10 heteroatoms. The lowest BCUT2D eigenvalue weighted by atomic mass is 10.0. The first-order valence-corrected chi connectivity index (χ1v) is 10.6. The fourth-order valence-electron chi connectivity index (χ4n) is 3.73. The summed E-state index contributed by atoms with van der Waals surface area (Å²) in [5.74, 6) is -0.0273. The molecular weight excluding hydrogens is 490 g/mol. The normalized spacial score (nSPS) is 12.2. The van der Waals surface area contributed by atoms with Crippen LogP contribution in [0, 0.1) is 0 Å². The number of halogens is 6. The molecular formula is C26H18F6O4. The first-order chi connectivity index (χ1) is 17.0. The average molecular weight is 508 g/mol. The number of hydrogen-bond donors (Lipinski definition) is 1. The van der Waals surface area contributed by atoms with Gasteiger partial charge in [0.1, 0.15) is 17.9 Å². The molecule has 4 aromatic rings. The van der Waals surface area contributed by atoms with E-state index in [0.717, 1.165) is 24.3 Å². The molecule has 3 aromatic carbocycles. The van der Waals surface area contributed by atoms with E-state index in [9.17, 15) is 36.2 Å². The first-order valence-electron chi connectivity index (χ1n) is 10.6. The summed E-state index contributed by atoms with van der Waals surface area (Å²) in [7, 11) is 0. The van der Waals surface area contributed by atoms with Gasteiger partial charge >= 0.3 is 18.0 Å². The molecule has 1 heterocycles. The molecule has 4 rings (SSSR count). The summed E-state index contributed by atoms with van der Waals surface area (Å²) in [5, 5.41) is 9.66. The first kappa shape index (κ1) is 25.3. The second kappa shape index (κ2) is 9.69. The van der Waals surface area contributed by atoms with E-state index in [0.29, 0.717) is 5.56 Å². The molecule has 0 fully saturated rings. The van der Waals surface area contributed by atoms with Crippen LogP contribution in [0.4, 0.5) is 26.3 Å². The van der Waals surface area contributed by atoms with Gasteiger partial charge in [0.25, 0.3) is 0 Å². The largest absolute Gasteiger partial charge is 0.488 e. The molecule has 0 spiro atoms. The predicted octanol–water partition coefficient (Wildman–Crippen LogP) is 6.49. The molecule has 188 valence electrons. The number of ether oxygens (including phenoxy) is 1. The molecule has 0 aliphatic carbocycles. The van der Waals surface area contributed by atoms with Crippen molar-refractivity contribution in [1.82, 2.24) is 0 Å². The Morgan fingerprint density at radius 2 is 1.39 bits per heavy atom. The Morgan fingerprint density at radius 1 is 0.778 bits per heavy atom. The molecule has 1 aromatic heterocycles. The molecule has 0 aliphatic rings. The lowest BCUT2D eigenvalue weighted by molar-refractivity contribution is -0.138. The molecule has 0 atom stereocenters. The number of alkyl halides is 6. The van der Waals surface area contributed by atoms with Crippen LogP contribution in [0.25, 0.3) is 11.0 Å². The highest BCUT2D eigenvalue weighted by Gasteiger charge is 2.31. The molecule has 0 unspecified atom stereocenters. The van der Waals surface area contributed by atoms with E-state index in [1.54, 1.807) is 0 Å². The Bertz CT molecular complexity index is 1450. The monoisotopic (exact) mass is 508 g/mol. The standard InChI is InChI=1S/C26H18F6O4/c27-25(28,29)18-5-1-3-15(9-18)11-21-23(20-8-7-16(13-33)12-22(20)36-24(21)34)35-14-17-4-2-6-19(10-17)26(30,31)32/h1-10,12,33H,11,13-14H2. The van der Waals surface area contributed by atoms with E-state index in [4.69, 9.17) is 9.15 Å². The maximum Gasteiger partial charge on any atom is 0.416 e. The van der Waals surface area contributed by atoms with Gasteiger partial charge in [-0.2, -0.15) is 26.3 Å². The van der Waals surface area contributed by atoms with Crippen LogP contribution in [-0.4, -0.2) is 5.11 Å². The highest BCUT2D eigenvalue weighted by Crippen LogP contribution is 2.34. The lowest BCUT2D eigenvalue weighted by Crippen LogP contribution is -2.13. The molecule has 0 bridgehead atoms. The van der Waals surface area contributed by atoms with E-state index in [2.05, 4.69) is 0 Å². The molecule has 0 saturated carbocycles. The maximum atomic E-state index is 13.2. The van der Waals surface area contributed by atoms with Gasteiger partial charge in [0.15, 0.2) is 0 Å². The number of aliphatic hydroxyl groups is 1. The average Bonchev–Trinajstić information content (AvgIpc) is 2.83. The van der Waals surface area contributed by atoms with Gasteiger partial charge in [-0.15, -0.1) is 0 Å². The van der Waals surface area contributed by atoms with E-state index >= 15 is 0 Å². The van der Waals surface area contributed by atoms with Crippen molar-refractivity contribution in [3.8, 4) is 5.75 Å². The Morgan fingerprint density at radius 3 is 2.00 bits per heavy atom. The highest BCUT2D eigenvalue weighted by molar-refractivity contribution is 5.85. The van der Waals surface area contributed by atoms with Gasteiger partial charge in [-0.25, -0.2) is 4.79 Å². The summed E-state index contributed by atoms with van der Waals surface area (Å²) in [5.41, 5.74) is -1.93. The third-order valence-corrected chi connectivity index (χ3v) is 5.47. The summed E-state index contributed by atoms with van der Waals surface area (Å²) in [4.78, 5) is 12.9. The Hall–Kier alpha value is -3.79. The van der Waals surface area contributed by atoms with Gasteiger partial charge in [-0.3, -0.25) is 0 Å². The number of rotatable bonds is 6. The number of hydrogen-bond acceptors (Lipinski definition) is 4. The van der Waals surface area contributed by atoms with Crippen molar-refractivity contribution < 1.29 is 40.6 Å². The second-order valence-electron chi connectivity index (χ2n) is 8.05. The summed E-state index contributed by atoms with van der Waals surface area (Å²) >= 11 is 0. The van der Waals surface area contributed by atoms with Crippen LogP contribution in [0.15, 0.2) is 75.9 Å². The van der Waals surface area contributed by atoms with Crippen LogP contribution in [-0.2, 0) is 32.0 Å². The zero-order valence-corrected chi connectivity index (χ0v) is 18.4. The minimum absolute atomic E-state index is 0.0273. The van der Waals surface area contributed by atoms with Gasteiger partial charge in [0, 0.05) is 6.42 Å². The van der Waals surface area contributed by atoms with Crippen LogP contribution in [0.3, 0.4) is 0 Å². The van der Waals surface area contributed by atoms with Gasteiger partial charge < -0.3 is 14.3 Å². The molecule has 0 aliphatic heterocycles. The predicted molar refractivity (Wildman–Crippen MR) is 118 cm³/mol. The molecule has 0 amide bonds. The Kier molecular flexibility index (Phi) is 6.81. The van der Waals surface area contributed by atoms with Crippen molar-refractivity contribution in [2.75, 3.05) is 0 Å². The number of benzene rings is 3. The smallest absolute Gasteiger partial charge is 0.416 e. The number of fused-ring (bicyclic) bond motifs is 1. The molecule has 36 heavy (non-hydrogen) atoms. The van der Waals surface area contributed by atoms with Gasteiger partial charge in [-0.05, 0) is 47.0 Å². The zero-order valence-electron chi connectivity index (χ0n) is 18.4. The third kappa shape index (κ3) is 5.54. The molecule has 0 radical (unpaired) electrons. The van der Waals surface area contributed by atoms with Crippen molar-refractivity contribution in [3.63, 3.8) is 0 Å². The maximum absolute atomic E-state index is 13.2. The van der Waals surface area contributed by atoms with Crippen LogP contribution >= 0.6 is 0 Å². The van der Waals surface area contributed by atoms with E-state index < -0.39 is 29.1 Å². The SMILES string of the molecule is O=c1oc2cc(CO)ccc2c(OCc2cccc(C(F)(F)F)c2)c1Cc1cccc(C(F)(F)F)c1. The van der Waals surface area contributed by atoms with Gasteiger partial charge in [0.2, 0.25) is 0 Å². The quantitative estimate of drug-likeness (QED) is 0.239. The summed E-state index contributed by atoms with van der Waals surface area (Å²) in [6.07, 6.45) is -9.43. The van der Waals surface area contributed by atoms with E-state index in [-0.39, 0.29) is 53.0 Å². The van der Waals surface area contributed by atoms with Crippen molar-refractivity contribution in [3.05, 3.63) is 111 Å². The van der Waals surface area contributed by atoms with Gasteiger partial charge in [0.05, 0.1) is 28.7 Å². The fourth-order valence-corrected chi connectivity index (χ4v) is 3.73. The van der Waals surface area contributed by atoms with Crippen molar-refractivity contribution in [1.29, 1.82) is 0 Å². The fraction of sp³-hybridized carbons (Fsp3) is 0.192. The molecule has 1 N–H and O–H groups in total. The van der Waals surface area contributed by atoms with Crippen LogP contribution in [0.2, 0.25) is 0 Å². The Balaban J connectivity index is 1.78. The van der Waals surface area contributed by atoms with Crippen LogP contribution < -0.4 is 10.4 Å². The van der Waals surface area contributed by atoms with E-state index in [1.807, 2.05) is 0 Å². The topological polar surface area (TPSA) is 59.7 Å². The summed E-state index contributed by atoms with van der Waals surface area (Å²) < 4.78 is 89.9. The number of aliphatic hydroxyl groups excluding tert-OH is 1.